The van der Waals surface area contributed by atoms with E-state index in [1.165, 1.54) is 35.3 Å². The maximum absolute atomic E-state index is 12.3. The van der Waals surface area contributed by atoms with Crippen molar-refractivity contribution >= 4 is 33.7 Å². The third-order valence-electron chi connectivity index (χ3n) is 4.55. The average Bonchev–Trinajstić information content (AvgIpc) is 3.34. The standard InChI is InChI=1S/C20H21N3OS2/c1-12(2)19-21-16(10-25-19)9-18(24)23-20-22-17(11-26-20)15-7-6-13-4-3-5-14(13)8-15/h6-8,10-12H,3-5,9H2,1-2H3,(H,22,23,24). The number of carbonyl (C=O) groups excluding carboxylic acids is 1. The number of amides is 1. The van der Waals surface area contributed by atoms with Crippen LogP contribution in [0.1, 0.15) is 48.0 Å². The Balaban J connectivity index is 1.42. The van der Waals surface area contributed by atoms with Crippen LogP contribution < -0.4 is 5.32 Å². The summed E-state index contributed by atoms with van der Waals surface area (Å²) < 4.78 is 0. The first kappa shape index (κ1) is 17.4. The van der Waals surface area contributed by atoms with E-state index < -0.39 is 0 Å². The first-order chi connectivity index (χ1) is 12.6. The molecule has 0 unspecified atom stereocenters. The molecule has 2 heterocycles. The lowest BCUT2D eigenvalue weighted by atomic mass is 10.1. The van der Waals surface area contributed by atoms with Crippen LogP contribution in [0.15, 0.2) is 29.0 Å². The molecule has 6 heteroatoms. The Labute approximate surface area is 161 Å². The van der Waals surface area contributed by atoms with Crippen molar-refractivity contribution in [2.24, 2.45) is 0 Å². The van der Waals surface area contributed by atoms with Gasteiger partial charge in [0.05, 0.1) is 22.8 Å². The van der Waals surface area contributed by atoms with Crippen molar-refractivity contribution in [3.63, 3.8) is 0 Å². The second-order valence-corrected chi connectivity index (χ2v) is 8.68. The number of anilines is 1. The predicted molar refractivity (Wildman–Crippen MR) is 108 cm³/mol. The SMILES string of the molecule is CC(C)c1nc(CC(=O)Nc2nc(-c3ccc4c(c3)CCC4)cs2)cs1. The quantitative estimate of drug-likeness (QED) is 0.670. The minimum Gasteiger partial charge on any atom is -0.302 e. The van der Waals surface area contributed by atoms with Crippen LogP contribution in [0.3, 0.4) is 0 Å². The predicted octanol–water partition coefficient (Wildman–Crippen LogP) is 5.06. The van der Waals surface area contributed by atoms with Crippen molar-refractivity contribution in [3.8, 4) is 11.3 Å². The van der Waals surface area contributed by atoms with Crippen LogP contribution in [0.5, 0.6) is 0 Å². The lowest BCUT2D eigenvalue weighted by molar-refractivity contribution is -0.115. The van der Waals surface area contributed by atoms with Crippen LogP contribution in [0.25, 0.3) is 11.3 Å². The Kier molecular flexibility index (Phi) is 4.87. The van der Waals surface area contributed by atoms with Crippen LogP contribution in [0.2, 0.25) is 0 Å². The maximum Gasteiger partial charge on any atom is 0.232 e. The number of thiazole rings is 2. The molecule has 0 bridgehead atoms. The molecule has 1 N–H and O–H groups in total. The number of aryl methyl sites for hydroxylation is 2. The number of aromatic nitrogens is 2. The normalized spacial score (nSPS) is 13.2. The summed E-state index contributed by atoms with van der Waals surface area (Å²) in [4.78, 5) is 21.4. The Morgan fingerprint density at radius 3 is 2.81 bits per heavy atom. The molecular weight excluding hydrogens is 362 g/mol. The number of benzene rings is 1. The van der Waals surface area contributed by atoms with E-state index in [-0.39, 0.29) is 12.3 Å². The second kappa shape index (κ2) is 7.29. The van der Waals surface area contributed by atoms with Gasteiger partial charge in [0.1, 0.15) is 0 Å². The van der Waals surface area contributed by atoms with Gasteiger partial charge in [-0.3, -0.25) is 4.79 Å². The molecule has 134 valence electrons. The number of hydrogen-bond donors (Lipinski definition) is 1. The van der Waals surface area contributed by atoms with Gasteiger partial charge in [0, 0.05) is 22.2 Å². The maximum atomic E-state index is 12.3. The lowest BCUT2D eigenvalue weighted by Crippen LogP contribution is -2.14. The summed E-state index contributed by atoms with van der Waals surface area (Å²) in [6.07, 6.45) is 3.87. The van der Waals surface area contributed by atoms with Gasteiger partial charge in [0.15, 0.2) is 5.13 Å². The van der Waals surface area contributed by atoms with E-state index in [2.05, 4.69) is 47.3 Å². The first-order valence-electron chi connectivity index (χ1n) is 8.90. The van der Waals surface area contributed by atoms with E-state index in [1.807, 2.05) is 10.8 Å². The zero-order valence-electron chi connectivity index (χ0n) is 14.9. The van der Waals surface area contributed by atoms with E-state index in [4.69, 9.17) is 0 Å². The summed E-state index contributed by atoms with van der Waals surface area (Å²) >= 11 is 3.08. The monoisotopic (exact) mass is 383 g/mol. The zero-order chi connectivity index (χ0) is 18.1. The van der Waals surface area contributed by atoms with Crippen molar-refractivity contribution in [1.82, 2.24) is 9.97 Å². The fraction of sp³-hybridized carbons (Fsp3) is 0.350. The van der Waals surface area contributed by atoms with Crippen molar-refractivity contribution in [2.75, 3.05) is 5.32 Å². The Morgan fingerprint density at radius 2 is 2.00 bits per heavy atom. The highest BCUT2D eigenvalue weighted by Gasteiger charge is 2.14. The highest BCUT2D eigenvalue weighted by atomic mass is 32.1. The van der Waals surface area contributed by atoms with Gasteiger partial charge in [0.25, 0.3) is 0 Å². The van der Waals surface area contributed by atoms with Gasteiger partial charge in [-0.1, -0.05) is 26.0 Å². The fourth-order valence-corrected chi connectivity index (χ4v) is 4.76. The molecule has 3 aromatic rings. The molecule has 0 saturated heterocycles. The van der Waals surface area contributed by atoms with Crippen LogP contribution in [-0.4, -0.2) is 15.9 Å². The van der Waals surface area contributed by atoms with Crippen molar-refractivity contribution in [3.05, 3.63) is 50.8 Å². The van der Waals surface area contributed by atoms with Crippen molar-refractivity contribution < 1.29 is 4.79 Å². The average molecular weight is 384 g/mol. The lowest BCUT2D eigenvalue weighted by Gasteiger charge is -2.02. The third-order valence-corrected chi connectivity index (χ3v) is 6.50. The van der Waals surface area contributed by atoms with Gasteiger partial charge in [-0.25, -0.2) is 9.97 Å². The number of rotatable bonds is 5. The molecule has 1 aromatic carbocycles. The van der Waals surface area contributed by atoms with Crippen molar-refractivity contribution in [2.45, 2.75) is 45.4 Å². The van der Waals surface area contributed by atoms with Gasteiger partial charge >= 0.3 is 0 Å². The molecule has 1 aliphatic rings. The van der Waals surface area contributed by atoms with E-state index in [0.29, 0.717) is 11.0 Å². The van der Waals surface area contributed by atoms with Crippen LogP contribution >= 0.6 is 22.7 Å². The molecule has 0 aliphatic heterocycles. The number of fused-ring (bicyclic) bond motifs is 1. The zero-order valence-corrected chi connectivity index (χ0v) is 16.5. The van der Waals surface area contributed by atoms with Gasteiger partial charge in [0.2, 0.25) is 5.91 Å². The van der Waals surface area contributed by atoms with Crippen LogP contribution in [0.4, 0.5) is 5.13 Å². The molecule has 0 fully saturated rings. The molecule has 2 aromatic heterocycles. The minimum atomic E-state index is -0.0690. The van der Waals surface area contributed by atoms with Gasteiger partial charge in [-0.05, 0) is 36.5 Å². The molecule has 4 rings (SSSR count). The Bertz CT molecular complexity index is 942. The highest BCUT2D eigenvalue weighted by molar-refractivity contribution is 7.14. The van der Waals surface area contributed by atoms with E-state index >= 15 is 0 Å². The fourth-order valence-electron chi connectivity index (χ4n) is 3.19. The van der Waals surface area contributed by atoms with E-state index in [9.17, 15) is 4.79 Å². The van der Waals surface area contributed by atoms with Crippen LogP contribution in [-0.2, 0) is 24.1 Å². The van der Waals surface area contributed by atoms with Gasteiger partial charge in [-0.15, -0.1) is 22.7 Å². The van der Waals surface area contributed by atoms with Crippen molar-refractivity contribution in [1.29, 1.82) is 0 Å². The van der Waals surface area contributed by atoms with Gasteiger partial charge < -0.3 is 5.32 Å². The first-order valence-corrected chi connectivity index (χ1v) is 10.7. The number of nitrogens with zero attached hydrogens (tertiary/aromatic N) is 2. The summed E-state index contributed by atoms with van der Waals surface area (Å²) in [6.45, 7) is 4.22. The summed E-state index contributed by atoms with van der Waals surface area (Å²) in [7, 11) is 0. The molecule has 1 aliphatic carbocycles. The smallest absolute Gasteiger partial charge is 0.232 e. The molecule has 0 saturated carbocycles. The summed E-state index contributed by atoms with van der Waals surface area (Å²) in [5.74, 6) is 0.325. The minimum absolute atomic E-state index is 0.0690. The topological polar surface area (TPSA) is 54.9 Å². The summed E-state index contributed by atoms with van der Waals surface area (Å²) in [5.41, 5.74) is 5.78. The number of carbonyl (C=O) groups is 1. The Morgan fingerprint density at radius 1 is 1.15 bits per heavy atom. The number of nitrogens with one attached hydrogen (secondary N) is 1. The molecule has 4 nitrogen and oxygen atoms in total. The third kappa shape index (κ3) is 3.71. The highest BCUT2D eigenvalue weighted by Crippen LogP contribution is 2.30. The van der Waals surface area contributed by atoms with E-state index in [1.54, 1.807) is 11.3 Å². The molecule has 26 heavy (non-hydrogen) atoms. The largest absolute Gasteiger partial charge is 0.302 e. The molecule has 1 amide bonds. The molecule has 0 radical (unpaired) electrons. The molecule has 0 spiro atoms. The Hall–Kier alpha value is -2.05. The summed E-state index contributed by atoms with van der Waals surface area (Å²) in [5, 5.41) is 8.59. The second-order valence-electron chi connectivity index (χ2n) is 6.93. The summed E-state index contributed by atoms with van der Waals surface area (Å²) in [6, 6.07) is 6.59. The molecular formula is C20H21N3OS2. The van der Waals surface area contributed by atoms with Crippen LogP contribution in [0, 0.1) is 0 Å². The van der Waals surface area contributed by atoms with E-state index in [0.717, 1.165) is 28.4 Å². The molecule has 0 atom stereocenters. The number of hydrogen-bond acceptors (Lipinski definition) is 5. The van der Waals surface area contributed by atoms with Gasteiger partial charge in [-0.2, -0.15) is 0 Å².